The van der Waals surface area contributed by atoms with E-state index in [0.29, 0.717) is 50.1 Å². The van der Waals surface area contributed by atoms with Crippen LogP contribution in [0.5, 0.6) is 0 Å². The molecule has 1 N–H and O–H groups in total. The lowest BCUT2D eigenvalue weighted by Crippen LogP contribution is -2.38. The Kier molecular flexibility index (Phi) is 13.2. The van der Waals surface area contributed by atoms with E-state index in [4.69, 9.17) is 28.7 Å². The van der Waals surface area contributed by atoms with Crippen LogP contribution in [-0.4, -0.2) is 77.2 Å². The molecule has 0 spiro atoms. The van der Waals surface area contributed by atoms with Crippen molar-refractivity contribution >= 4 is 37.5 Å². The number of anilines is 3. The van der Waals surface area contributed by atoms with Crippen LogP contribution in [0.3, 0.4) is 0 Å². The zero-order valence-corrected chi connectivity index (χ0v) is 28.0. The van der Waals surface area contributed by atoms with Crippen LogP contribution >= 0.6 is 0 Å². The van der Waals surface area contributed by atoms with Crippen LogP contribution in [0.15, 0.2) is 49.1 Å². The topological polar surface area (TPSA) is 112 Å². The normalized spacial score (nSPS) is 13.7. The molecule has 11 nitrogen and oxygen atoms in total. The maximum absolute atomic E-state index is 13.6. The fourth-order valence-electron chi connectivity index (χ4n) is 4.19. The number of benzene rings is 1. The fraction of sp³-hybridized carbons (Fsp3) is 0.531. The third-order valence-corrected chi connectivity index (χ3v) is 8.08. The highest BCUT2D eigenvalue weighted by molar-refractivity contribution is 6.76. The first kappa shape index (κ1) is 35.0. The van der Waals surface area contributed by atoms with E-state index in [2.05, 4.69) is 36.4 Å². The molecular formula is C32H48N4O7Si. The van der Waals surface area contributed by atoms with Crippen LogP contribution in [0, 0.1) is 0 Å². The Morgan fingerprint density at radius 1 is 1.14 bits per heavy atom. The van der Waals surface area contributed by atoms with Gasteiger partial charge in [0, 0.05) is 45.2 Å². The highest BCUT2D eigenvalue weighted by Gasteiger charge is 2.26. The summed E-state index contributed by atoms with van der Waals surface area (Å²) < 4.78 is 28.0. The maximum atomic E-state index is 13.6. The lowest BCUT2D eigenvalue weighted by Gasteiger charge is -2.31. The Morgan fingerprint density at radius 3 is 2.57 bits per heavy atom. The lowest BCUT2D eigenvalue weighted by atomic mass is 10.1. The van der Waals surface area contributed by atoms with Gasteiger partial charge in [-0.1, -0.05) is 44.4 Å². The molecule has 0 radical (unpaired) electrons. The van der Waals surface area contributed by atoms with Crippen molar-refractivity contribution in [2.75, 3.05) is 61.4 Å². The molecular weight excluding hydrogens is 580 g/mol. The second-order valence-electron chi connectivity index (χ2n) is 12.7. The SMILES string of the molecule is C=CCOC(=O)Nc1cccc(CN(C(=O)OC(C)(C)C)c2cc(N3CCOCC3)cc(COCOCC[Si](C)(C)C)n2)c1. The minimum Gasteiger partial charge on any atom is -0.445 e. The van der Waals surface area contributed by atoms with Crippen LogP contribution in [0.4, 0.5) is 26.8 Å². The molecule has 242 valence electrons. The summed E-state index contributed by atoms with van der Waals surface area (Å²) in [5.41, 5.74) is 2.12. The van der Waals surface area contributed by atoms with Gasteiger partial charge in [0.2, 0.25) is 0 Å². The van der Waals surface area contributed by atoms with Crippen molar-refractivity contribution in [1.29, 1.82) is 0 Å². The molecule has 0 bridgehead atoms. The number of ether oxygens (including phenoxy) is 5. The van der Waals surface area contributed by atoms with Crippen LogP contribution in [0.25, 0.3) is 0 Å². The Balaban J connectivity index is 1.88. The van der Waals surface area contributed by atoms with Crippen molar-refractivity contribution in [3.05, 3.63) is 60.3 Å². The summed E-state index contributed by atoms with van der Waals surface area (Å²) in [6.07, 6.45) is 0.350. The highest BCUT2D eigenvalue weighted by atomic mass is 28.3. The zero-order chi connectivity index (χ0) is 32.2. The van der Waals surface area contributed by atoms with Crippen molar-refractivity contribution in [2.45, 2.75) is 65.2 Å². The smallest absolute Gasteiger partial charge is 0.416 e. The van der Waals surface area contributed by atoms with E-state index in [9.17, 15) is 9.59 Å². The summed E-state index contributed by atoms with van der Waals surface area (Å²) in [6.45, 7) is 19.9. The van der Waals surface area contributed by atoms with Crippen molar-refractivity contribution in [3.8, 4) is 0 Å². The predicted octanol–water partition coefficient (Wildman–Crippen LogP) is 6.42. The van der Waals surface area contributed by atoms with Crippen molar-refractivity contribution in [1.82, 2.24) is 4.98 Å². The minimum absolute atomic E-state index is 0.0970. The first-order valence-corrected chi connectivity index (χ1v) is 18.7. The number of amides is 2. The lowest BCUT2D eigenvalue weighted by molar-refractivity contribution is -0.0582. The van der Waals surface area contributed by atoms with Gasteiger partial charge >= 0.3 is 12.2 Å². The molecule has 44 heavy (non-hydrogen) atoms. The van der Waals surface area contributed by atoms with Gasteiger partial charge in [-0.25, -0.2) is 14.6 Å². The minimum atomic E-state index is -1.19. The first-order chi connectivity index (χ1) is 20.8. The Bertz CT molecular complexity index is 1240. The van der Waals surface area contributed by atoms with Gasteiger partial charge in [-0.3, -0.25) is 10.2 Å². The average molecular weight is 629 g/mol. The van der Waals surface area contributed by atoms with E-state index >= 15 is 0 Å². The number of pyridine rings is 1. The molecule has 1 fully saturated rings. The van der Waals surface area contributed by atoms with Gasteiger partial charge in [-0.15, -0.1) is 0 Å². The molecule has 2 heterocycles. The molecule has 2 aromatic rings. The monoisotopic (exact) mass is 628 g/mol. The summed E-state index contributed by atoms with van der Waals surface area (Å²) in [5.74, 6) is 0.422. The van der Waals surface area contributed by atoms with E-state index in [-0.39, 0.29) is 26.6 Å². The number of hydrogen-bond acceptors (Lipinski definition) is 9. The fourth-order valence-corrected chi connectivity index (χ4v) is 4.95. The van der Waals surface area contributed by atoms with Crippen molar-refractivity contribution < 1.29 is 33.3 Å². The maximum Gasteiger partial charge on any atom is 0.416 e. The molecule has 0 saturated carbocycles. The average Bonchev–Trinajstić information content (AvgIpc) is 2.95. The number of morpholine rings is 1. The third-order valence-electron chi connectivity index (χ3n) is 6.38. The van der Waals surface area contributed by atoms with Crippen LogP contribution < -0.4 is 15.1 Å². The van der Waals surface area contributed by atoms with Gasteiger partial charge in [0.25, 0.3) is 0 Å². The van der Waals surface area contributed by atoms with Gasteiger partial charge in [0.1, 0.15) is 24.8 Å². The Labute approximate surface area is 262 Å². The molecule has 1 aliphatic heterocycles. The number of nitrogens with zero attached hydrogens (tertiary/aromatic N) is 3. The second-order valence-corrected chi connectivity index (χ2v) is 18.4. The van der Waals surface area contributed by atoms with Gasteiger partial charge < -0.3 is 28.6 Å². The van der Waals surface area contributed by atoms with Crippen molar-refractivity contribution in [2.24, 2.45) is 0 Å². The van der Waals surface area contributed by atoms with Crippen molar-refractivity contribution in [3.63, 3.8) is 0 Å². The molecule has 12 heteroatoms. The predicted molar refractivity (Wildman–Crippen MR) is 175 cm³/mol. The van der Waals surface area contributed by atoms with Gasteiger partial charge in [0.05, 0.1) is 32.1 Å². The van der Waals surface area contributed by atoms with Crippen LogP contribution in [-0.2, 0) is 36.8 Å². The Morgan fingerprint density at radius 2 is 1.89 bits per heavy atom. The molecule has 2 amide bonds. The zero-order valence-electron chi connectivity index (χ0n) is 27.0. The number of nitrogens with one attached hydrogen (secondary N) is 1. The van der Waals surface area contributed by atoms with E-state index in [1.807, 2.05) is 39.0 Å². The first-order valence-electron chi connectivity index (χ1n) is 15.0. The molecule has 0 atom stereocenters. The van der Waals surface area contributed by atoms with E-state index < -0.39 is 25.9 Å². The van der Waals surface area contributed by atoms with E-state index in [0.717, 1.165) is 17.3 Å². The van der Waals surface area contributed by atoms with Gasteiger partial charge in [-0.05, 0) is 50.6 Å². The molecule has 3 rings (SSSR count). The quantitative estimate of drug-likeness (QED) is 0.110. The number of aromatic nitrogens is 1. The summed E-state index contributed by atoms with van der Waals surface area (Å²) in [7, 11) is -1.19. The number of carbonyl (C=O) groups excluding carboxylic acids is 2. The number of hydrogen-bond donors (Lipinski definition) is 1. The van der Waals surface area contributed by atoms with E-state index in [1.165, 1.54) is 11.0 Å². The van der Waals surface area contributed by atoms with Crippen LogP contribution in [0.1, 0.15) is 32.0 Å². The number of carbonyl (C=O) groups is 2. The standard InChI is InChI=1S/C32H48N4O7Si/c1-8-14-42-30(37)34-26-11-9-10-25(19-26)22-36(31(38)43-32(2,3)4)29-21-28(35-12-15-39-16-13-35)20-27(33-29)23-41-24-40-17-18-44(5,6)7/h8-11,19-21H,1,12-18,22-24H2,2-7H3,(H,34,37). The summed E-state index contributed by atoms with van der Waals surface area (Å²) in [6, 6.07) is 12.1. The Hall–Kier alpha value is -3.45. The molecule has 1 aliphatic rings. The summed E-state index contributed by atoms with van der Waals surface area (Å²) in [4.78, 5) is 34.3. The highest BCUT2D eigenvalue weighted by Crippen LogP contribution is 2.27. The molecule has 1 aromatic heterocycles. The summed E-state index contributed by atoms with van der Waals surface area (Å²) in [5, 5.41) is 2.70. The second kappa shape index (κ2) is 16.6. The van der Waals surface area contributed by atoms with E-state index in [1.54, 1.807) is 18.2 Å². The van der Waals surface area contributed by atoms with Gasteiger partial charge in [0.15, 0.2) is 0 Å². The molecule has 1 saturated heterocycles. The largest absolute Gasteiger partial charge is 0.445 e. The summed E-state index contributed by atoms with van der Waals surface area (Å²) >= 11 is 0. The van der Waals surface area contributed by atoms with Crippen LogP contribution in [0.2, 0.25) is 25.7 Å². The molecule has 0 unspecified atom stereocenters. The van der Waals surface area contributed by atoms with Gasteiger partial charge in [-0.2, -0.15) is 0 Å². The molecule has 1 aromatic carbocycles. The number of rotatable bonds is 14. The third kappa shape index (κ3) is 12.6. The molecule has 0 aliphatic carbocycles.